The second-order valence-corrected chi connectivity index (χ2v) is 4.36. The van der Waals surface area contributed by atoms with Crippen molar-refractivity contribution in [1.29, 1.82) is 0 Å². The number of hydrogen-bond donors (Lipinski definition) is 2. The molecule has 6 nitrogen and oxygen atoms in total. The molecule has 1 unspecified atom stereocenters. The summed E-state index contributed by atoms with van der Waals surface area (Å²) in [4.78, 5) is 4.11. The van der Waals surface area contributed by atoms with Gasteiger partial charge in [-0.05, 0) is 30.7 Å². The van der Waals surface area contributed by atoms with E-state index >= 15 is 0 Å². The topological polar surface area (TPSA) is 86.0 Å². The van der Waals surface area contributed by atoms with E-state index in [-0.39, 0.29) is 6.04 Å². The summed E-state index contributed by atoms with van der Waals surface area (Å²) in [5.74, 6) is 1.06. The molecule has 0 aliphatic carbocycles. The number of nitrogens with one attached hydrogen (secondary N) is 1. The Bertz CT molecular complexity index is 544. The zero-order chi connectivity index (χ0) is 14.4. The molecular formula is C14H19N5O. The summed E-state index contributed by atoms with van der Waals surface area (Å²) in [5.41, 5.74) is 7.75. The number of nitrogens with two attached hydrogens (primary N) is 1. The molecule has 0 aromatic carbocycles. The predicted molar refractivity (Wildman–Crippen MR) is 77.4 cm³/mol. The lowest BCUT2D eigenvalue weighted by molar-refractivity contribution is 0.389. The van der Waals surface area contributed by atoms with Gasteiger partial charge in [0.2, 0.25) is 5.88 Å². The summed E-state index contributed by atoms with van der Waals surface area (Å²) in [6.07, 6.45) is 2.41. The van der Waals surface area contributed by atoms with Crippen molar-refractivity contribution in [2.75, 3.05) is 19.4 Å². The minimum atomic E-state index is 0.0462. The Labute approximate surface area is 118 Å². The van der Waals surface area contributed by atoms with Crippen molar-refractivity contribution in [1.82, 2.24) is 20.5 Å². The summed E-state index contributed by atoms with van der Waals surface area (Å²) in [6, 6.07) is 7.62. The monoisotopic (exact) mass is 273 g/mol. The molecule has 0 radical (unpaired) electrons. The summed E-state index contributed by atoms with van der Waals surface area (Å²) in [5, 5.41) is 11.6. The molecule has 0 aliphatic rings. The molecule has 2 heterocycles. The first kappa shape index (κ1) is 14.2. The lowest BCUT2D eigenvalue weighted by atomic mass is 10.0. The number of pyridine rings is 1. The Kier molecular flexibility index (Phi) is 4.84. The second kappa shape index (κ2) is 6.81. The SMILES string of the molecule is CCNC(Cc1cccnc1N)c1ccc(OC)nn1. The molecule has 2 aromatic heterocycles. The van der Waals surface area contributed by atoms with Gasteiger partial charge in [0, 0.05) is 12.3 Å². The molecule has 0 amide bonds. The van der Waals surface area contributed by atoms with Crippen molar-refractivity contribution in [3.8, 4) is 5.88 Å². The molecule has 3 N–H and O–H groups in total. The molecule has 0 spiro atoms. The minimum Gasteiger partial charge on any atom is -0.480 e. The number of aromatic nitrogens is 3. The molecule has 0 fully saturated rings. The van der Waals surface area contributed by atoms with Crippen LogP contribution in [-0.4, -0.2) is 28.8 Å². The summed E-state index contributed by atoms with van der Waals surface area (Å²) in [7, 11) is 1.57. The first-order valence-corrected chi connectivity index (χ1v) is 6.55. The minimum absolute atomic E-state index is 0.0462. The van der Waals surface area contributed by atoms with Gasteiger partial charge in [-0.15, -0.1) is 5.10 Å². The van der Waals surface area contributed by atoms with Gasteiger partial charge < -0.3 is 15.8 Å². The van der Waals surface area contributed by atoms with Gasteiger partial charge >= 0.3 is 0 Å². The van der Waals surface area contributed by atoms with Gasteiger partial charge in [-0.2, -0.15) is 5.10 Å². The number of methoxy groups -OCH3 is 1. The van der Waals surface area contributed by atoms with E-state index in [4.69, 9.17) is 10.5 Å². The molecule has 0 saturated heterocycles. The first-order chi connectivity index (χ1) is 9.74. The lowest BCUT2D eigenvalue weighted by Gasteiger charge is -2.17. The van der Waals surface area contributed by atoms with Crippen LogP contribution in [0.1, 0.15) is 24.2 Å². The highest BCUT2D eigenvalue weighted by Gasteiger charge is 2.15. The molecule has 106 valence electrons. The fourth-order valence-electron chi connectivity index (χ4n) is 2.00. The second-order valence-electron chi connectivity index (χ2n) is 4.36. The molecule has 6 heteroatoms. The van der Waals surface area contributed by atoms with Crippen molar-refractivity contribution in [3.63, 3.8) is 0 Å². The van der Waals surface area contributed by atoms with Gasteiger partial charge in [-0.1, -0.05) is 13.0 Å². The number of nitrogen functional groups attached to an aromatic ring is 1. The maximum absolute atomic E-state index is 5.89. The van der Waals surface area contributed by atoms with Gasteiger partial charge in [-0.25, -0.2) is 4.98 Å². The normalized spacial score (nSPS) is 12.1. The van der Waals surface area contributed by atoms with Crippen LogP contribution in [0.3, 0.4) is 0 Å². The smallest absolute Gasteiger partial charge is 0.233 e. The molecule has 20 heavy (non-hydrogen) atoms. The highest BCUT2D eigenvalue weighted by molar-refractivity contribution is 5.39. The average Bonchev–Trinajstić information content (AvgIpc) is 2.49. The zero-order valence-corrected chi connectivity index (χ0v) is 11.7. The van der Waals surface area contributed by atoms with Gasteiger partial charge in [0.05, 0.1) is 18.8 Å². The molecule has 0 aliphatic heterocycles. The Morgan fingerprint density at radius 2 is 2.15 bits per heavy atom. The van der Waals surface area contributed by atoms with Crippen molar-refractivity contribution >= 4 is 5.82 Å². The van der Waals surface area contributed by atoms with Crippen LogP contribution in [0.25, 0.3) is 0 Å². The first-order valence-electron chi connectivity index (χ1n) is 6.55. The summed E-state index contributed by atoms with van der Waals surface area (Å²) >= 11 is 0. The van der Waals surface area contributed by atoms with Gasteiger partial charge in [0.25, 0.3) is 0 Å². The molecule has 1 atom stereocenters. The fourth-order valence-corrected chi connectivity index (χ4v) is 2.00. The standard InChI is InChI=1S/C14H19N5O/c1-3-16-12(9-10-5-4-8-17-14(10)15)11-6-7-13(20-2)19-18-11/h4-8,12,16H,3,9H2,1-2H3,(H2,15,17). The highest BCUT2D eigenvalue weighted by atomic mass is 16.5. The lowest BCUT2D eigenvalue weighted by Crippen LogP contribution is -2.24. The van der Waals surface area contributed by atoms with Crippen LogP contribution in [0.15, 0.2) is 30.5 Å². The zero-order valence-electron chi connectivity index (χ0n) is 11.7. The van der Waals surface area contributed by atoms with Crippen LogP contribution in [0.2, 0.25) is 0 Å². The third-order valence-electron chi connectivity index (χ3n) is 3.03. The molecule has 0 saturated carbocycles. The highest BCUT2D eigenvalue weighted by Crippen LogP contribution is 2.19. The van der Waals surface area contributed by atoms with Crippen molar-refractivity contribution in [3.05, 3.63) is 41.7 Å². The Hall–Kier alpha value is -2.21. The van der Waals surface area contributed by atoms with Gasteiger partial charge in [-0.3, -0.25) is 0 Å². The molecule has 0 bridgehead atoms. The number of rotatable bonds is 6. The van der Waals surface area contributed by atoms with E-state index in [0.717, 1.165) is 17.8 Å². The van der Waals surface area contributed by atoms with E-state index in [1.807, 2.05) is 18.2 Å². The summed E-state index contributed by atoms with van der Waals surface area (Å²) in [6.45, 7) is 2.88. The van der Waals surface area contributed by atoms with Crippen LogP contribution in [-0.2, 0) is 6.42 Å². The maximum atomic E-state index is 5.89. The van der Waals surface area contributed by atoms with Gasteiger partial charge in [0.1, 0.15) is 5.82 Å². The molecule has 2 rings (SSSR count). The third kappa shape index (κ3) is 3.42. The van der Waals surface area contributed by atoms with Crippen molar-refractivity contribution in [2.24, 2.45) is 0 Å². The van der Waals surface area contributed by atoms with E-state index < -0.39 is 0 Å². The average molecular weight is 273 g/mol. The molecular weight excluding hydrogens is 254 g/mol. The third-order valence-corrected chi connectivity index (χ3v) is 3.03. The Balaban J connectivity index is 2.19. The van der Waals surface area contributed by atoms with E-state index in [1.54, 1.807) is 19.4 Å². The Morgan fingerprint density at radius 3 is 2.75 bits per heavy atom. The Morgan fingerprint density at radius 1 is 1.30 bits per heavy atom. The number of hydrogen-bond acceptors (Lipinski definition) is 6. The van der Waals surface area contributed by atoms with Crippen molar-refractivity contribution < 1.29 is 4.74 Å². The molecule has 2 aromatic rings. The number of anilines is 1. The number of nitrogens with zero attached hydrogens (tertiary/aromatic N) is 3. The maximum Gasteiger partial charge on any atom is 0.233 e. The van der Waals surface area contributed by atoms with E-state index in [1.165, 1.54) is 0 Å². The van der Waals surface area contributed by atoms with Crippen LogP contribution >= 0.6 is 0 Å². The van der Waals surface area contributed by atoms with E-state index in [2.05, 4.69) is 27.4 Å². The van der Waals surface area contributed by atoms with Crippen LogP contribution in [0.5, 0.6) is 5.88 Å². The number of ether oxygens (including phenoxy) is 1. The van der Waals surface area contributed by atoms with Gasteiger partial charge in [0.15, 0.2) is 0 Å². The predicted octanol–water partition coefficient (Wildman–Crippen LogP) is 1.36. The van der Waals surface area contributed by atoms with Crippen LogP contribution < -0.4 is 15.8 Å². The van der Waals surface area contributed by atoms with Crippen LogP contribution in [0, 0.1) is 0 Å². The van der Waals surface area contributed by atoms with Crippen LogP contribution in [0.4, 0.5) is 5.82 Å². The largest absolute Gasteiger partial charge is 0.480 e. The van der Waals surface area contributed by atoms with Crippen molar-refractivity contribution in [2.45, 2.75) is 19.4 Å². The van der Waals surface area contributed by atoms with E-state index in [0.29, 0.717) is 18.1 Å². The number of likely N-dealkylation sites (N-methyl/N-ethyl adjacent to an activating group) is 1. The fraction of sp³-hybridized carbons (Fsp3) is 0.357. The van der Waals surface area contributed by atoms with E-state index in [9.17, 15) is 0 Å². The summed E-state index contributed by atoms with van der Waals surface area (Å²) < 4.78 is 5.02. The quantitative estimate of drug-likeness (QED) is 0.826.